The molecular formula is C20H27N7O2. The maximum absolute atomic E-state index is 11.9. The minimum absolute atomic E-state index is 0.0769. The Morgan fingerprint density at radius 2 is 2.10 bits per heavy atom. The molecule has 2 aromatic rings. The number of carbonyl (C=O) groups excluding carboxylic acids is 1. The van der Waals surface area contributed by atoms with Gasteiger partial charge < -0.3 is 21.1 Å². The van der Waals surface area contributed by atoms with Gasteiger partial charge in [0.05, 0.1) is 25.2 Å². The van der Waals surface area contributed by atoms with Gasteiger partial charge in [-0.05, 0) is 37.5 Å². The molecular weight excluding hydrogens is 370 g/mol. The Balaban J connectivity index is 1.40. The number of hydrogen-bond donors (Lipinski definition) is 3. The molecule has 2 aliphatic rings. The number of benzene rings is 1. The van der Waals surface area contributed by atoms with Gasteiger partial charge in [-0.15, -0.1) is 0 Å². The lowest BCUT2D eigenvalue weighted by Crippen LogP contribution is -2.47. The Labute approximate surface area is 170 Å². The topological polar surface area (TPSA) is 118 Å². The number of rotatable bonds is 4. The molecule has 9 nitrogen and oxygen atoms in total. The number of hydrogen-bond acceptors (Lipinski definition) is 8. The SMILES string of the molecule is Cc1cccc(Nc2nc(N)nc(CN3CCC4(CC3)CC(=O)NCCO4)n2)c1. The van der Waals surface area contributed by atoms with Crippen molar-refractivity contribution in [2.24, 2.45) is 0 Å². The van der Waals surface area contributed by atoms with Gasteiger partial charge >= 0.3 is 0 Å². The van der Waals surface area contributed by atoms with Gasteiger partial charge in [0, 0.05) is 25.3 Å². The molecule has 154 valence electrons. The zero-order chi connectivity index (χ0) is 20.3. The number of ether oxygens (including phenoxy) is 1. The van der Waals surface area contributed by atoms with Crippen LogP contribution in [0.2, 0.25) is 0 Å². The second kappa shape index (κ2) is 8.30. The van der Waals surface area contributed by atoms with Crippen molar-refractivity contribution >= 4 is 23.5 Å². The van der Waals surface area contributed by atoms with Crippen molar-refractivity contribution < 1.29 is 9.53 Å². The van der Waals surface area contributed by atoms with Gasteiger partial charge in [-0.2, -0.15) is 15.0 Å². The molecule has 4 N–H and O–H groups in total. The Morgan fingerprint density at radius 1 is 1.28 bits per heavy atom. The van der Waals surface area contributed by atoms with Crippen LogP contribution in [0.1, 0.15) is 30.7 Å². The van der Waals surface area contributed by atoms with Gasteiger partial charge in [0.1, 0.15) is 5.82 Å². The standard InChI is InChI=1S/C20H27N7O2/c1-14-3-2-4-15(11-14)23-19-25-16(24-18(21)26-19)13-27-8-5-20(6-9-27)12-17(28)22-7-10-29-20/h2-4,11H,5-10,12-13H2,1H3,(H,22,28)(H3,21,23,24,25,26). The molecule has 1 spiro atoms. The third-order valence-corrected chi connectivity index (χ3v) is 5.42. The van der Waals surface area contributed by atoms with E-state index < -0.39 is 0 Å². The number of nitrogens with two attached hydrogens (primary N) is 1. The van der Waals surface area contributed by atoms with Crippen molar-refractivity contribution in [2.75, 3.05) is 37.3 Å². The van der Waals surface area contributed by atoms with E-state index in [-0.39, 0.29) is 17.5 Å². The molecule has 0 unspecified atom stereocenters. The monoisotopic (exact) mass is 397 g/mol. The van der Waals surface area contributed by atoms with Crippen LogP contribution in [-0.2, 0) is 16.1 Å². The lowest BCUT2D eigenvalue weighted by Gasteiger charge is -2.40. The Kier molecular flexibility index (Phi) is 5.59. The molecule has 9 heteroatoms. The predicted molar refractivity (Wildman–Crippen MR) is 110 cm³/mol. The fourth-order valence-corrected chi connectivity index (χ4v) is 3.92. The highest BCUT2D eigenvalue weighted by molar-refractivity contribution is 5.77. The first kappa shape index (κ1) is 19.5. The van der Waals surface area contributed by atoms with Crippen molar-refractivity contribution in [3.63, 3.8) is 0 Å². The van der Waals surface area contributed by atoms with Crippen LogP contribution in [0.5, 0.6) is 0 Å². The molecule has 1 amide bonds. The highest BCUT2D eigenvalue weighted by Gasteiger charge is 2.38. The van der Waals surface area contributed by atoms with E-state index in [1.807, 2.05) is 31.2 Å². The van der Waals surface area contributed by atoms with Crippen molar-refractivity contribution in [2.45, 2.75) is 38.3 Å². The number of amides is 1. The van der Waals surface area contributed by atoms with Gasteiger partial charge in [-0.25, -0.2) is 0 Å². The molecule has 2 aliphatic heterocycles. The summed E-state index contributed by atoms with van der Waals surface area (Å²) in [6.07, 6.45) is 2.06. The molecule has 1 aromatic carbocycles. The van der Waals surface area contributed by atoms with E-state index in [1.165, 1.54) is 0 Å². The van der Waals surface area contributed by atoms with Crippen LogP contribution in [0.15, 0.2) is 24.3 Å². The number of aromatic nitrogens is 3. The van der Waals surface area contributed by atoms with E-state index in [2.05, 4.69) is 30.5 Å². The number of carbonyl (C=O) groups is 1. The maximum atomic E-state index is 11.9. The van der Waals surface area contributed by atoms with Crippen LogP contribution in [0.25, 0.3) is 0 Å². The summed E-state index contributed by atoms with van der Waals surface area (Å²) in [5.74, 6) is 1.34. The van der Waals surface area contributed by atoms with Gasteiger partial charge in [0.25, 0.3) is 0 Å². The molecule has 3 heterocycles. The van der Waals surface area contributed by atoms with Gasteiger partial charge in [-0.1, -0.05) is 12.1 Å². The number of anilines is 3. The van der Waals surface area contributed by atoms with E-state index in [0.717, 1.165) is 37.2 Å². The van der Waals surface area contributed by atoms with E-state index >= 15 is 0 Å². The maximum Gasteiger partial charge on any atom is 0.232 e. The molecule has 29 heavy (non-hydrogen) atoms. The minimum atomic E-state index is -0.340. The van der Waals surface area contributed by atoms with Crippen LogP contribution in [-0.4, -0.2) is 57.6 Å². The molecule has 2 fully saturated rings. The Hall–Kier alpha value is -2.78. The second-order valence-electron chi connectivity index (χ2n) is 7.76. The number of aryl methyl sites for hydroxylation is 1. The first-order valence-electron chi connectivity index (χ1n) is 9.97. The predicted octanol–water partition coefficient (Wildman–Crippen LogP) is 1.38. The van der Waals surface area contributed by atoms with Crippen LogP contribution >= 0.6 is 0 Å². The van der Waals surface area contributed by atoms with Crippen LogP contribution < -0.4 is 16.4 Å². The molecule has 0 radical (unpaired) electrons. The van der Waals surface area contributed by atoms with E-state index in [4.69, 9.17) is 10.5 Å². The fourth-order valence-electron chi connectivity index (χ4n) is 3.92. The van der Waals surface area contributed by atoms with Crippen LogP contribution in [0, 0.1) is 6.92 Å². The molecule has 2 saturated heterocycles. The quantitative estimate of drug-likeness (QED) is 0.708. The summed E-state index contributed by atoms with van der Waals surface area (Å²) < 4.78 is 6.03. The first-order chi connectivity index (χ1) is 14.0. The lowest BCUT2D eigenvalue weighted by atomic mass is 9.87. The summed E-state index contributed by atoms with van der Waals surface area (Å²) >= 11 is 0. The normalized spacial score (nSPS) is 19.6. The summed E-state index contributed by atoms with van der Waals surface area (Å²) in [7, 11) is 0. The largest absolute Gasteiger partial charge is 0.373 e. The third-order valence-electron chi connectivity index (χ3n) is 5.42. The highest BCUT2D eigenvalue weighted by Crippen LogP contribution is 2.31. The third kappa shape index (κ3) is 4.99. The summed E-state index contributed by atoms with van der Waals surface area (Å²) in [6.45, 7) is 5.41. The van der Waals surface area contributed by atoms with Crippen molar-refractivity contribution in [1.82, 2.24) is 25.2 Å². The highest BCUT2D eigenvalue weighted by atomic mass is 16.5. The summed E-state index contributed by atoms with van der Waals surface area (Å²) in [6, 6.07) is 7.98. The number of piperidine rings is 1. The molecule has 0 saturated carbocycles. The van der Waals surface area contributed by atoms with Crippen LogP contribution in [0.4, 0.5) is 17.6 Å². The van der Waals surface area contributed by atoms with Crippen molar-refractivity contribution in [3.05, 3.63) is 35.7 Å². The molecule has 4 rings (SSSR count). The number of nitrogens with one attached hydrogen (secondary N) is 2. The Bertz CT molecular complexity index is 881. The molecule has 0 bridgehead atoms. The Morgan fingerprint density at radius 3 is 2.90 bits per heavy atom. The number of nitrogens with zero attached hydrogens (tertiary/aromatic N) is 4. The number of likely N-dealkylation sites (tertiary alicyclic amines) is 1. The average Bonchev–Trinajstić information content (AvgIpc) is 2.85. The molecule has 1 aromatic heterocycles. The second-order valence-corrected chi connectivity index (χ2v) is 7.76. The lowest BCUT2D eigenvalue weighted by molar-refractivity contribution is -0.128. The summed E-state index contributed by atoms with van der Waals surface area (Å²) in [4.78, 5) is 27.2. The van der Waals surface area contributed by atoms with Gasteiger partial charge in [-0.3, -0.25) is 9.69 Å². The van der Waals surface area contributed by atoms with Gasteiger partial charge in [0.2, 0.25) is 17.8 Å². The first-order valence-corrected chi connectivity index (χ1v) is 9.97. The fraction of sp³-hybridized carbons (Fsp3) is 0.500. The smallest absolute Gasteiger partial charge is 0.232 e. The number of nitrogen functional groups attached to an aromatic ring is 1. The van der Waals surface area contributed by atoms with Crippen molar-refractivity contribution in [1.29, 1.82) is 0 Å². The molecule has 0 atom stereocenters. The zero-order valence-electron chi connectivity index (χ0n) is 16.6. The van der Waals surface area contributed by atoms with E-state index in [1.54, 1.807) is 0 Å². The zero-order valence-corrected chi connectivity index (χ0v) is 16.6. The summed E-state index contributed by atoms with van der Waals surface area (Å²) in [5, 5.41) is 6.07. The van der Waals surface area contributed by atoms with Gasteiger partial charge in [0.15, 0.2) is 0 Å². The average molecular weight is 397 g/mol. The molecule has 0 aliphatic carbocycles. The van der Waals surface area contributed by atoms with E-state index in [9.17, 15) is 4.79 Å². The van der Waals surface area contributed by atoms with Crippen LogP contribution in [0.3, 0.4) is 0 Å². The van der Waals surface area contributed by atoms with Crippen molar-refractivity contribution in [3.8, 4) is 0 Å². The minimum Gasteiger partial charge on any atom is -0.373 e. The van der Waals surface area contributed by atoms with E-state index in [0.29, 0.717) is 37.9 Å². The summed E-state index contributed by atoms with van der Waals surface area (Å²) in [5.41, 5.74) is 7.62.